The van der Waals surface area contributed by atoms with Crippen LogP contribution in [0.4, 0.5) is 0 Å². The fourth-order valence-corrected chi connectivity index (χ4v) is 0.546. The Bertz CT molecular complexity index is 113. The zero-order valence-electron chi connectivity index (χ0n) is 9.39. The van der Waals surface area contributed by atoms with Gasteiger partial charge in [-0.3, -0.25) is 16.0 Å². The lowest BCUT2D eigenvalue weighted by Gasteiger charge is -2.17. The third-order valence-electron chi connectivity index (χ3n) is 1.45. The molecule has 0 bridgehead atoms. The quantitative estimate of drug-likeness (QED) is 0.157. The minimum Gasteiger partial charge on any atom is -0.381 e. The third-order valence-corrected chi connectivity index (χ3v) is 1.45. The van der Waals surface area contributed by atoms with Gasteiger partial charge in [-0.1, -0.05) is 0 Å². The van der Waals surface area contributed by atoms with Crippen LogP contribution in [-0.2, 0) is 4.84 Å². The number of nitrogens with one attached hydrogen (secondary N) is 3. The van der Waals surface area contributed by atoms with Crippen LogP contribution in [0.5, 0.6) is 0 Å². The molecule has 0 aromatic heterocycles. The van der Waals surface area contributed by atoms with Crippen molar-refractivity contribution in [3.63, 3.8) is 0 Å². The zero-order chi connectivity index (χ0) is 12.8. The van der Waals surface area contributed by atoms with Crippen molar-refractivity contribution < 1.29 is 20.2 Å². The van der Waals surface area contributed by atoms with Crippen LogP contribution in [0.3, 0.4) is 0 Å². The Balaban J connectivity index is 0. The molecule has 0 aliphatic rings. The molecule has 0 aromatic rings. The lowest BCUT2D eigenvalue weighted by atomic mass is 10.4. The van der Waals surface area contributed by atoms with E-state index in [-0.39, 0.29) is 26.3 Å². The molecule has 0 radical (unpaired) electrons. The Kier molecular flexibility index (Phi) is 16.5. The van der Waals surface area contributed by atoms with Crippen LogP contribution in [-0.4, -0.2) is 54.5 Å². The van der Waals surface area contributed by atoms with Gasteiger partial charge in [0.25, 0.3) is 0 Å². The Hall–Kier alpha value is -0.360. The van der Waals surface area contributed by atoms with Crippen molar-refractivity contribution in [2.45, 2.75) is 19.3 Å². The van der Waals surface area contributed by atoms with Crippen LogP contribution < -0.4 is 27.6 Å². The maximum absolute atomic E-state index is 8.34. The first-order valence-electron chi connectivity index (χ1n) is 4.74. The van der Waals surface area contributed by atoms with Crippen LogP contribution in [0.2, 0.25) is 0 Å². The summed E-state index contributed by atoms with van der Waals surface area (Å²) in [5.74, 6) is 4.70. The van der Waals surface area contributed by atoms with Crippen molar-refractivity contribution in [2.24, 2.45) is 11.6 Å². The van der Waals surface area contributed by atoms with E-state index in [4.69, 9.17) is 27.0 Å². The van der Waals surface area contributed by atoms with Crippen molar-refractivity contribution in [2.75, 3.05) is 26.7 Å². The maximum Gasteiger partial charge on any atom is 0.117 e. The fourth-order valence-electron chi connectivity index (χ4n) is 0.546. The molecule has 0 spiro atoms. The molecule has 0 saturated carbocycles. The molecule has 9 heteroatoms. The van der Waals surface area contributed by atoms with Gasteiger partial charge in [-0.05, 0) is 6.92 Å². The summed E-state index contributed by atoms with van der Waals surface area (Å²) in [6.45, 7) is 1.59. The van der Waals surface area contributed by atoms with Gasteiger partial charge in [0.2, 0.25) is 0 Å². The van der Waals surface area contributed by atoms with E-state index >= 15 is 0 Å². The predicted molar refractivity (Wildman–Crippen MR) is 58.2 cm³/mol. The average molecular weight is 241 g/mol. The molecule has 0 amide bonds. The average Bonchev–Trinajstić information content (AvgIpc) is 2.30. The van der Waals surface area contributed by atoms with Gasteiger partial charge in [0, 0.05) is 6.54 Å². The summed E-state index contributed by atoms with van der Waals surface area (Å²) in [4.78, 5) is 4.27. The third kappa shape index (κ3) is 13.6. The summed E-state index contributed by atoms with van der Waals surface area (Å²) in [6.07, 6.45) is -0.481. The highest BCUT2D eigenvalue weighted by molar-refractivity contribution is 4.52. The van der Waals surface area contributed by atoms with E-state index in [1.54, 1.807) is 6.92 Å². The molecule has 1 unspecified atom stereocenters. The molecule has 0 aromatic carbocycles. The minimum atomic E-state index is -0.472. The SMILES string of the molecule is CC(CN)ON.OCNC(NCO)NCO. The van der Waals surface area contributed by atoms with Crippen LogP contribution in [0.15, 0.2) is 0 Å². The molecule has 0 aliphatic heterocycles. The first-order chi connectivity index (χ1) is 7.65. The largest absolute Gasteiger partial charge is 0.381 e. The van der Waals surface area contributed by atoms with E-state index in [2.05, 4.69) is 20.8 Å². The topological polar surface area (TPSA) is 158 Å². The minimum absolute atomic E-state index is 0.00926. The second-order valence-corrected chi connectivity index (χ2v) is 2.70. The predicted octanol–water partition coefficient (Wildman–Crippen LogP) is -3.89. The van der Waals surface area contributed by atoms with Gasteiger partial charge in [0.1, 0.15) is 6.29 Å². The molecule has 100 valence electrons. The normalized spacial score (nSPS) is 12.2. The van der Waals surface area contributed by atoms with Gasteiger partial charge >= 0.3 is 0 Å². The Morgan fingerprint density at radius 1 is 1.06 bits per heavy atom. The molecule has 0 fully saturated rings. The monoisotopic (exact) mass is 241 g/mol. The molecule has 10 N–H and O–H groups in total. The van der Waals surface area contributed by atoms with Gasteiger partial charge < -0.3 is 25.9 Å². The highest BCUT2D eigenvalue weighted by Gasteiger charge is 2.00. The summed E-state index contributed by atoms with van der Waals surface area (Å²) in [5, 5.41) is 32.5. The molecule has 0 rings (SSSR count). The Morgan fingerprint density at radius 2 is 1.44 bits per heavy atom. The number of nitrogens with two attached hydrogens (primary N) is 2. The van der Waals surface area contributed by atoms with Gasteiger partial charge in [-0.25, -0.2) is 5.90 Å². The molecule has 16 heavy (non-hydrogen) atoms. The molecule has 0 aliphatic carbocycles. The first kappa shape index (κ1) is 18.0. The van der Waals surface area contributed by atoms with E-state index in [0.717, 1.165) is 0 Å². The number of hydrogen-bond acceptors (Lipinski definition) is 9. The smallest absolute Gasteiger partial charge is 0.117 e. The maximum atomic E-state index is 8.34. The number of hydrogen-bond donors (Lipinski definition) is 8. The summed E-state index contributed by atoms with van der Waals surface area (Å²) >= 11 is 0. The number of aliphatic hydroxyl groups is 3. The van der Waals surface area contributed by atoms with Crippen molar-refractivity contribution in [1.82, 2.24) is 16.0 Å². The van der Waals surface area contributed by atoms with E-state index < -0.39 is 6.29 Å². The summed E-state index contributed by atoms with van der Waals surface area (Å²) in [5.41, 5.74) is 5.08. The molecular formula is C7H23N5O4. The highest BCUT2D eigenvalue weighted by Crippen LogP contribution is 1.74. The highest BCUT2D eigenvalue weighted by atomic mass is 16.6. The molecule has 1 atom stereocenters. The van der Waals surface area contributed by atoms with Crippen molar-refractivity contribution in [3.05, 3.63) is 0 Å². The van der Waals surface area contributed by atoms with Crippen molar-refractivity contribution in [3.8, 4) is 0 Å². The number of rotatable bonds is 8. The molecule has 0 heterocycles. The van der Waals surface area contributed by atoms with Crippen LogP contribution in [0.25, 0.3) is 0 Å². The summed E-state index contributed by atoms with van der Waals surface area (Å²) in [6, 6.07) is 0. The van der Waals surface area contributed by atoms with E-state index in [1.807, 2.05) is 0 Å². The Labute approximate surface area is 94.7 Å². The number of aliphatic hydroxyl groups excluding tert-OH is 3. The lowest BCUT2D eigenvalue weighted by molar-refractivity contribution is 0.0728. The van der Waals surface area contributed by atoms with Gasteiger partial charge in [0.05, 0.1) is 26.3 Å². The zero-order valence-corrected chi connectivity index (χ0v) is 9.39. The Morgan fingerprint density at radius 3 is 1.56 bits per heavy atom. The fraction of sp³-hybridized carbons (Fsp3) is 1.00. The van der Waals surface area contributed by atoms with Crippen LogP contribution in [0, 0.1) is 0 Å². The summed E-state index contributed by atoms with van der Waals surface area (Å²) < 4.78 is 0. The standard InChI is InChI=1S/C4H13N3O3.C3H10N2O/c8-1-5-4(6-2-9)7-3-10;1-3(2-4)6-5/h4-10H,1-3H2;3H,2,4-5H2,1H3. The summed E-state index contributed by atoms with van der Waals surface area (Å²) in [7, 11) is 0. The lowest BCUT2D eigenvalue weighted by Crippen LogP contribution is -2.53. The second kappa shape index (κ2) is 14.6. The second-order valence-electron chi connectivity index (χ2n) is 2.70. The van der Waals surface area contributed by atoms with Crippen LogP contribution >= 0.6 is 0 Å². The van der Waals surface area contributed by atoms with E-state index in [0.29, 0.717) is 6.54 Å². The first-order valence-corrected chi connectivity index (χ1v) is 4.74. The van der Waals surface area contributed by atoms with E-state index in [1.165, 1.54) is 0 Å². The van der Waals surface area contributed by atoms with Gasteiger partial charge in [-0.2, -0.15) is 0 Å². The molecule has 0 saturated heterocycles. The van der Waals surface area contributed by atoms with Crippen molar-refractivity contribution in [1.29, 1.82) is 0 Å². The van der Waals surface area contributed by atoms with Crippen molar-refractivity contribution >= 4 is 0 Å². The van der Waals surface area contributed by atoms with Crippen LogP contribution in [0.1, 0.15) is 6.92 Å². The molecule has 9 nitrogen and oxygen atoms in total. The molecular weight excluding hydrogens is 218 g/mol. The van der Waals surface area contributed by atoms with Gasteiger partial charge in [-0.15, -0.1) is 0 Å². The van der Waals surface area contributed by atoms with E-state index in [9.17, 15) is 0 Å². The van der Waals surface area contributed by atoms with Gasteiger partial charge in [0.15, 0.2) is 0 Å².